The number of aliphatic carboxylic acids is 1. The summed E-state index contributed by atoms with van der Waals surface area (Å²) < 4.78 is 36.5. The average Bonchev–Trinajstić information content (AvgIpc) is 3.12. The van der Waals surface area contributed by atoms with Crippen LogP contribution in [-0.4, -0.2) is 34.8 Å². The van der Waals surface area contributed by atoms with Crippen molar-refractivity contribution >= 4 is 16.2 Å². The third-order valence-corrected chi connectivity index (χ3v) is 6.36. The van der Waals surface area contributed by atoms with Crippen LogP contribution in [0.25, 0.3) is 11.5 Å². The van der Waals surface area contributed by atoms with Gasteiger partial charge in [0.1, 0.15) is 29.9 Å². The standard InChI is InChI=1S/C24H29N3O6S/c1-15(2)22(24(28)29)27(34(25,30)31)13-18-7-11-20(12-8-18)32-14-21-17(4)33-23(26-21)19-9-5-16(3)6-10-19/h5-12,15,22H,13-14H2,1-4H3,(H,28,29)(H2,25,30,31)/t22-/m0/s1. The van der Waals surface area contributed by atoms with Crippen molar-refractivity contribution in [3.63, 3.8) is 0 Å². The number of benzene rings is 2. The molecule has 1 aromatic heterocycles. The molecule has 3 N–H and O–H groups in total. The molecule has 0 aliphatic carbocycles. The van der Waals surface area contributed by atoms with E-state index in [4.69, 9.17) is 14.3 Å². The number of carboxylic acids is 1. The van der Waals surface area contributed by atoms with E-state index in [9.17, 15) is 18.3 Å². The molecule has 2 aromatic carbocycles. The number of oxazole rings is 1. The van der Waals surface area contributed by atoms with Crippen molar-refractivity contribution in [2.24, 2.45) is 11.1 Å². The number of nitrogens with two attached hydrogens (primary N) is 1. The smallest absolute Gasteiger partial charge is 0.322 e. The van der Waals surface area contributed by atoms with Crippen LogP contribution in [0.2, 0.25) is 0 Å². The zero-order chi connectivity index (χ0) is 25.0. The molecule has 182 valence electrons. The highest BCUT2D eigenvalue weighted by Gasteiger charge is 2.35. The Balaban J connectivity index is 1.69. The van der Waals surface area contributed by atoms with E-state index in [0.29, 0.717) is 28.7 Å². The number of hydrogen-bond donors (Lipinski definition) is 2. The van der Waals surface area contributed by atoms with Crippen molar-refractivity contribution in [1.29, 1.82) is 0 Å². The molecule has 9 nitrogen and oxygen atoms in total. The monoisotopic (exact) mass is 487 g/mol. The largest absolute Gasteiger partial charge is 0.487 e. The van der Waals surface area contributed by atoms with Crippen molar-refractivity contribution in [2.45, 2.75) is 46.9 Å². The molecule has 0 aliphatic heterocycles. The second-order valence-corrected chi connectivity index (χ2v) is 9.94. The summed E-state index contributed by atoms with van der Waals surface area (Å²) in [6, 6.07) is 13.3. The Kier molecular flexibility index (Phi) is 7.75. The first-order valence-corrected chi connectivity index (χ1v) is 12.2. The van der Waals surface area contributed by atoms with Gasteiger partial charge in [0.2, 0.25) is 5.89 Å². The first-order chi connectivity index (χ1) is 16.0. The van der Waals surface area contributed by atoms with Gasteiger partial charge in [-0.1, -0.05) is 43.7 Å². The van der Waals surface area contributed by atoms with Gasteiger partial charge in [0.15, 0.2) is 0 Å². The summed E-state index contributed by atoms with van der Waals surface area (Å²) in [7, 11) is -4.23. The van der Waals surface area contributed by atoms with Gasteiger partial charge in [0.05, 0.1) is 0 Å². The minimum absolute atomic E-state index is 0.170. The summed E-state index contributed by atoms with van der Waals surface area (Å²) in [6.07, 6.45) is 0. The van der Waals surface area contributed by atoms with Gasteiger partial charge in [-0.15, -0.1) is 0 Å². The fraction of sp³-hybridized carbons (Fsp3) is 0.333. The lowest BCUT2D eigenvalue weighted by atomic mass is 10.0. The summed E-state index contributed by atoms with van der Waals surface area (Å²) in [5.41, 5.74) is 3.27. The van der Waals surface area contributed by atoms with Crippen molar-refractivity contribution < 1.29 is 27.5 Å². The average molecular weight is 488 g/mol. The minimum atomic E-state index is -4.23. The van der Waals surface area contributed by atoms with Gasteiger partial charge >= 0.3 is 5.97 Å². The molecule has 0 unspecified atom stereocenters. The highest BCUT2D eigenvalue weighted by atomic mass is 32.2. The second kappa shape index (κ2) is 10.4. The first-order valence-electron chi connectivity index (χ1n) is 10.7. The quantitative estimate of drug-likeness (QED) is 0.445. The van der Waals surface area contributed by atoms with Gasteiger partial charge in [0.25, 0.3) is 10.2 Å². The van der Waals surface area contributed by atoms with E-state index in [1.54, 1.807) is 38.1 Å². The second-order valence-electron chi connectivity index (χ2n) is 8.44. The number of aryl methyl sites for hydroxylation is 2. The molecule has 10 heteroatoms. The van der Waals surface area contributed by atoms with E-state index in [1.807, 2.05) is 38.1 Å². The van der Waals surface area contributed by atoms with E-state index in [2.05, 4.69) is 4.98 Å². The van der Waals surface area contributed by atoms with Gasteiger partial charge in [-0.2, -0.15) is 12.7 Å². The highest BCUT2D eigenvalue weighted by Crippen LogP contribution is 2.24. The minimum Gasteiger partial charge on any atom is -0.487 e. The Morgan fingerprint density at radius 1 is 1.12 bits per heavy atom. The van der Waals surface area contributed by atoms with Crippen molar-refractivity contribution in [1.82, 2.24) is 9.29 Å². The molecule has 0 aliphatic rings. The van der Waals surface area contributed by atoms with Crippen LogP contribution in [0.1, 0.15) is 36.4 Å². The predicted octanol–water partition coefficient (Wildman–Crippen LogP) is 3.65. The van der Waals surface area contributed by atoms with E-state index in [-0.39, 0.29) is 13.2 Å². The lowest BCUT2D eigenvalue weighted by molar-refractivity contribution is -0.143. The van der Waals surface area contributed by atoms with Crippen LogP contribution in [0.15, 0.2) is 52.9 Å². The van der Waals surface area contributed by atoms with E-state index < -0.39 is 28.1 Å². The van der Waals surface area contributed by atoms with Crippen LogP contribution < -0.4 is 9.88 Å². The number of ether oxygens (including phenoxy) is 1. The number of rotatable bonds is 10. The van der Waals surface area contributed by atoms with Gasteiger partial charge < -0.3 is 14.3 Å². The molecule has 0 saturated carbocycles. The molecule has 34 heavy (non-hydrogen) atoms. The molecule has 3 aromatic rings. The third kappa shape index (κ3) is 6.22. The molecule has 1 heterocycles. The molecule has 0 spiro atoms. The number of nitrogens with zero attached hydrogens (tertiary/aromatic N) is 2. The van der Waals surface area contributed by atoms with Gasteiger partial charge in [-0.3, -0.25) is 4.79 Å². The Labute approximate surface area is 199 Å². The van der Waals surface area contributed by atoms with Crippen molar-refractivity contribution in [3.05, 3.63) is 71.1 Å². The Bertz CT molecular complexity index is 1230. The van der Waals surface area contributed by atoms with Gasteiger partial charge in [0, 0.05) is 12.1 Å². The zero-order valence-electron chi connectivity index (χ0n) is 19.6. The molecular formula is C24H29N3O6S. The first kappa shape index (κ1) is 25.4. The van der Waals surface area contributed by atoms with Crippen LogP contribution in [0.5, 0.6) is 5.75 Å². The van der Waals surface area contributed by atoms with E-state index >= 15 is 0 Å². The maximum absolute atomic E-state index is 12.1. The van der Waals surface area contributed by atoms with E-state index in [0.717, 1.165) is 15.4 Å². The Hall–Kier alpha value is -3.21. The van der Waals surface area contributed by atoms with Crippen LogP contribution in [0.3, 0.4) is 0 Å². The SMILES string of the molecule is Cc1ccc(-c2nc(COc3ccc(CN([C@H](C(=O)O)C(C)C)S(N)(=O)=O)cc3)c(C)o2)cc1. The number of carbonyl (C=O) groups is 1. The zero-order valence-corrected chi connectivity index (χ0v) is 20.4. The maximum atomic E-state index is 12.1. The van der Waals surface area contributed by atoms with Crippen LogP contribution in [0, 0.1) is 19.8 Å². The van der Waals surface area contributed by atoms with Crippen LogP contribution in [-0.2, 0) is 28.2 Å². The molecule has 0 saturated heterocycles. The molecular weight excluding hydrogens is 458 g/mol. The number of carboxylic acid groups (broad SMARTS) is 1. The fourth-order valence-electron chi connectivity index (χ4n) is 3.49. The summed E-state index contributed by atoms with van der Waals surface area (Å²) in [6.45, 7) is 7.11. The highest BCUT2D eigenvalue weighted by molar-refractivity contribution is 7.86. The molecule has 0 radical (unpaired) electrons. The van der Waals surface area contributed by atoms with Crippen LogP contribution in [0.4, 0.5) is 0 Å². The molecule has 0 amide bonds. The molecule has 3 rings (SSSR count). The van der Waals surface area contributed by atoms with E-state index in [1.165, 1.54) is 0 Å². The van der Waals surface area contributed by atoms with Crippen molar-refractivity contribution in [2.75, 3.05) is 0 Å². The summed E-state index contributed by atoms with van der Waals surface area (Å²) in [4.78, 5) is 16.2. The normalized spacial score (nSPS) is 12.8. The summed E-state index contributed by atoms with van der Waals surface area (Å²) in [5.74, 6) is 0.00629. The fourth-order valence-corrected chi connectivity index (χ4v) is 4.47. The topological polar surface area (TPSA) is 136 Å². The van der Waals surface area contributed by atoms with Gasteiger partial charge in [-0.05, 0) is 49.6 Å². The van der Waals surface area contributed by atoms with Gasteiger partial charge in [-0.25, -0.2) is 10.1 Å². The Morgan fingerprint density at radius 2 is 1.74 bits per heavy atom. The maximum Gasteiger partial charge on any atom is 0.322 e. The lowest BCUT2D eigenvalue weighted by Crippen LogP contribution is -2.50. The predicted molar refractivity (Wildman–Crippen MR) is 127 cm³/mol. The Morgan fingerprint density at radius 3 is 2.26 bits per heavy atom. The molecule has 1 atom stereocenters. The summed E-state index contributed by atoms with van der Waals surface area (Å²) >= 11 is 0. The molecule has 0 bridgehead atoms. The van der Waals surface area contributed by atoms with Crippen LogP contribution >= 0.6 is 0 Å². The lowest BCUT2D eigenvalue weighted by Gasteiger charge is -2.28. The summed E-state index contributed by atoms with van der Waals surface area (Å²) in [5, 5.41) is 14.8. The number of aromatic nitrogens is 1. The number of hydrogen-bond acceptors (Lipinski definition) is 6. The molecule has 0 fully saturated rings. The van der Waals surface area contributed by atoms with Crippen molar-refractivity contribution in [3.8, 4) is 17.2 Å². The third-order valence-electron chi connectivity index (χ3n) is 5.35.